The van der Waals surface area contributed by atoms with Crippen LogP contribution < -0.4 is 20.1 Å². The topological polar surface area (TPSA) is 75.2 Å². The SMILES string of the molecule is CN=C(NCc1ccc2c(c1)OCCCO2)NCC1(C(=O)N(C)C)CCCC1.I. The van der Waals surface area contributed by atoms with Crippen LogP contribution in [-0.4, -0.2) is 57.7 Å². The number of guanidine groups is 1. The Kier molecular flexibility index (Phi) is 8.85. The van der Waals surface area contributed by atoms with Crippen molar-refractivity contribution >= 4 is 35.8 Å². The number of carbonyl (C=O) groups is 1. The van der Waals surface area contributed by atoms with Crippen LogP contribution in [0.5, 0.6) is 11.5 Å². The number of aliphatic imine (C=N–C) groups is 1. The maximum Gasteiger partial charge on any atom is 0.230 e. The molecule has 29 heavy (non-hydrogen) atoms. The van der Waals surface area contributed by atoms with Crippen LogP contribution in [0.3, 0.4) is 0 Å². The lowest BCUT2D eigenvalue weighted by molar-refractivity contribution is -0.138. The Morgan fingerprint density at radius 3 is 2.45 bits per heavy atom. The number of benzene rings is 1. The Hall–Kier alpha value is -1.71. The smallest absolute Gasteiger partial charge is 0.230 e. The second-order valence-corrected chi connectivity index (χ2v) is 7.80. The second-order valence-electron chi connectivity index (χ2n) is 7.80. The molecule has 1 heterocycles. The molecule has 0 bridgehead atoms. The van der Waals surface area contributed by atoms with Crippen molar-refractivity contribution in [2.45, 2.75) is 38.6 Å². The maximum atomic E-state index is 12.7. The molecule has 1 aromatic rings. The summed E-state index contributed by atoms with van der Waals surface area (Å²) >= 11 is 0. The van der Waals surface area contributed by atoms with Crippen LogP contribution >= 0.6 is 24.0 Å². The first kappa shape index (κ1) is 23.6. The van der Waals surface area contributed by atoms with E-state index in [0.717, 1.165) is 49.2 Å². The first-order chi connectivity index (χ1) is 13.5. The van der Waals surface area contributed by atoms with Crippen LogP contribution in [0.25, 0.3) is 0 Å². The highest BCUT2D eigenvalue weighted by Gasteiger charge is 2.42. The largest absolute Gasteiger partial charge is 0.490 e. The fourth-order valence-corrected chi connectivity index (χ4v) is 3.97. The van der Waals surface area contributed by atoms with Gasteiger partial charge in [0.2, 0.25) is 5.91 Å². The van der Waals surface area contributed by atoms with E-state index in [1.54, 1.807) is 11.9 Å². The van der Waals surface area contributed by atoms with Gasteiger partial charge in [0.1, 0.15) is 0 Å². The van der Waals surface area contributed by atoms with Gasteiger partial charge in [-0.2, -0.15) is 0 Å². The maximum absolute atomic E-state index is 12.7. The number of fused-ring (bicyclic) bond motifs is 1. The van der Waals surface area contributed by atoms with E-state index >= 15 is 0 Å². The molecule has 1 saturated carbocycles. The molecule has 162 valence electrons. The van der Waals surface area contributed by atoms with Crippen molar-refractivity contribution in [1.29, 1.82) is 0 Å². The van der Waals surface area contributed by atoms with Gasteiger partial charge in [-0.05, 0) is 30.5 Å². The number of hydrogen-bond donors (Lipinski definition) is 2. The highest BCUT2D eigenvalue weighted by Crippen LogP contribution is 2.39. The number of nitrogens with one attached hydrogen (secondary N) is 2. The first-order valence-electron chi connectivity index (χ1n) is 10.1. The highest BCUT2D eigenvalue weighted by atomic mass is 127. The molecule has 1 amide bonds. The molecule has 7 nitrogen and oxygen atoms in total. The summed E-state index contributed by atoms with van der Waals surface area (Å²) < 4.78 is 11.4. The van der Waals surface area contributed by atoms with Gasteiger partial charge >= 0.3 is 0 Å². The average molecular weight is 516 g/mol. The number of amides is 1. The van der Waals surface area contributed by atoms with E-state index < -0.39 is 0 Å². The molecule has 1 aromatic carbocycles. The number of ether oxygens (including phenoxy) is 2. The molecule has 0 atom stereocenters. The number of halogens is 1. The summed E-state index contributed by atoms with van der Waals surface area (Å²) in [6, 6.07) is 5.99. The Labute approximate surface area is 190 Å². The number of carbonyl (C=O) groups excluding carboxylic acids is 1. The van der Waals surface area contributed by atoms with Crippen molar-refractivity contribution in [2.24, 2.45) is 10.4 Å². The van der Waals surface area contributed by atoms with Crippen molar-refractivity contribution < 1.29 is 14.3 Å². The van der Waals surface area contributed by atoms with E-state index in [-0.39, 0.29) is 35.3 Å². The van der Waals surface area contributed by atoms with E-state index in [1.165, 1.54) is 0 Å². The normalized spacial score (nSPS) is 17.7. The van der Waals surface area contributed by atoms with E-state index in [9.17, 15) is 4.79 Å². The molecule has 1 aliphatic heterocycles. The molecule has 8 heteroatoms. The van der Waals surface area contributed by atoms with Gasteiger partial charge in [-0.3, -0.25) is 9.79 Å². The van der Waals surface area contributed by atoms with Crippen molar-refractivity contribution in [2.75, 3.05) is 40.9 Å². The fraction of sp³-hybridized carbons (Fsp3) is 0.619. The predicted octanol–water partition coefficient (Wildman–Crippen LogP) is 2.78. The monoisotopic (exact) mass is 516 g/mol. The van der Waals surface area contributed by atoms with E-state index in [2.05, 4.69) is 15.6 Å². The van der Waals surface area contributed by atoms with Gasteiger partial charge in [0, 0.05) is 40.7 Å². The van der Waals surface area contributed by atoms with Gasteiger partial charge in [0.15, 0.2) is 17.5 Å². The average Bonchev–Trinajstić information content (AvgIpc) is 3.06. The van der Waals surface area contributed by atoms with Crippen LogP contribution in [-0.2, 0) is 11.3 Å². The Balaban J connectivity index is 0.00000300. The second kappa shape index (κ2) is 10.9. The number of hydrogen-bond acceptors (Lipinski definition) is 4. The van der Waals surface area contributed by atoms with Crippen LogP contribution in [0.15, 0.2) is 23.2 Å². The van der Waals surface area contributed by atoms with Crippen LogP contribution in [0.2, 0.25) is 0 Å². The van der Waals surface area contributed by atoms with Gasteiger partial charge in [0.05, 0.1) is 18.6 Å². The zero-order chi connectivity index (χ0) is 20.0. The molecule has 1 fully saturated rings. The number of nitrogens with zero attached hydrogens (tertiary/aromatic N) is 2. The summed E-state index contributed by atoms with van der Waals surface area (Å²) in [4.78, 5) is 18.7. The third-order valence-electron chi connectivity index (χ3n) is 5.51. The lowest BCUT2D eigenvalue weighted by Gasteiger charge is -2.31. The van der Waals surface area contributed by atoms with Crippen LogP contribution in [0, 0.1) is 5.41 Å². The quantitative estimate of drug-likeness (QED) is 0.358. The zero-order valence-corrected chi connectivity index (χ0v) is 20.0. The minimum atomic E-state index is -0.323. The van der Waals surface area contributed by atoms with Gasteiger partial charge < -0.3 is 25.0 Å². The Morgan fingerprint density at radius 1 is 1.10 bits per heavy atom. The van der Waals surface area contributed by atoms with Crippen molar-refractivity contribution in [3.63, 3.8) is 0 Å². The van der Waals surface area contributed by atoms with E-state index in [0.29, 0.717) is 32.3 Å². The molecule has 3 rings (SSSR count). The van der Waals surface area contributed by atoms with Crippen LogP contribution in [0.4, 0.5) is 0 Å². The van der Waals surface area contributed by atoms with Crippen molar-refractivity contribution in [1.82, 2.24) is 15.5 Å². The van der Waals surface area contributed by atoms with Gasteiger partial charge in [-0.15, -0.1) is 24.0 Å². The number of rotatable bonds is 5. The summed E-state index contributed by atoms with van der Waals surface area (Å²) in [7, 11) is 5.41. The van der Waals surface area contributed by atoms with E-state index in [4.69, 9.17) is 9.47 Å². The summed E-state index contributed by atoms with van der Waals surface area (Å²) in [5, 5.41) is 6.70. The minimum absolute atomic E-state index is 0. The lowest BCUT2D eigenvalue weighted by Crippen LogP contribution is -2.49. The third-order valence-corrected chi connectivity index (χ3v) is 5.51. The molecule has 0 saturated heterocycles. The highest BCUT2D eigenvalue weighted by molar-refractivity contribution is 14.0. The molecule has 2 aliphatic rings. The van der Waals surface area contributed by atoms with Gasteiger partial charge in [0.25, 0.3) is 0 Å². The molecular formula is C21H33IN4O3. The molecule has 0 unspecified atom stereocenters. The standard InChI is InChI=1S/C21H32N4O3.HI/c1-22-20(24-15-21(9-4-5-10-21)19(26)25(2)3)23-14-16-7-8-17-18(13-16)28-12-6-11-27-17;/h7-8,13H,4-6,9-12,14-15H2,1-3H3,(H2,22,23,24);1H. The van der Waals surface area contributed by atoms with E-state index in [1.807, 2.05) is 32.3 Å². The van der Waals surface area contributed by atoms with Gasteiger partial charge in [-0.25, -0.2) is 0 Å². The molecule has 1 aliphatic carbocycles. The van der Waals surface area contributed by atoms with Gasteiger partial charge in [-0.1, -0.05) is 18.9 Å². The summed E-state index contributed by atoms with van der Waals surface area (Å²) in [5.74, 6) is 2.50. The van der Waals surface area contributed by atoms with Crippen LogP contribution in [0.1, 0.15) is 37.7 Å². The summed E-state index contributed by atoms with van der Waals surface area (Å²) in [6.07, 6.45) is 4.95. The zero-order valence-electron chi connectivity index (χ0n) is 17.6. The summed E-state index contributed by atoms with van der Waals surface area (Å²) in [6.45, 7) is 2.58. The minimum Gasteiger partial charge on any atom is -0.490 e. The predicted molar refractivity (Wildman–Crippen MR) is 125 cm³/mol. The molecule has 2 N–H and O–H groups in total. The van der Waals surface area contributed by atoms with Crippen molar-refractivity contribution in [3.05, 3.63) is 23.8 Å². The first-order valence-corrected chi connectivity index (χ1v) is 10.1. The molecule has 0 radical (unpaired) electrons. The fourth-order valence-electron chi connectivity index (χ4n) is 3.97. The molecule has 0 spiro atoms. The molecular weight excluding hydrogens is 483 g/mol. The lowest BCUT2D eigenvalue weighted by atomic mass is 9.84. The third kappa shape index (κ3) is 5.90. The van der Waals surface area contributed by atoms with Crippen molar-refractivity contribution in [3.8, 4) is 11.5 Å². The Bertz CT molecular complexity index is 718. The summed E-state index contributed by atoms with van der Waals surface area (Å²) in [5.41, 5.74) is 0.767. The Morgan fingerprint density at radius 2 is 1.79 bits per heavy atom. The molecule has 0 aromatic heterocycles.